The number of nitrogens with one attached hydrogen (secondary N) is 1. The van der Waals surface area contributed by atoms with E-state index in [0.717, 1.165) is 5.56 Å². The van der Waals surface area contributed by atoms with Gasteiger partial charge >= 0.3 is 0 Å². The van der Waals surface area contributed by atoms with Crippen LogP contribution in [-0.2, 0) is 6.42 Å². The molecule has 0 saturated heterocycles. The highest BCUT2D eigenvalue weighted by molar-refractivity contribution is 7.12. The van der Waals surface area contributed by atoms with Gasteiger partial charge in [0.15, 0.2) is 0 Å². The summed E-state index contributed by atoms with van der Waals surface area (Å²) in [5, 5.41) is 14.1. The second-order valence-corrected chi connectivity index (χ2v) is 5.28. The van der Waals surface area contributed by atoms with Crippen molar-refractivity contribution >= 4 is 17.2 Å². The Morgan fingerprint density at radius 2 is 2.10 bits per heavy atom. The minimum atomic E-state index is -0.309. The van der Waals surface area contributed by atoms with Gasteiger partial charge in [-0.15, -0.1) is 11.3 Å². The molecule has 1 amide bonds. The zero-order chi connectivity index (χ0) is 14.4. The number of rotatable bonds is 6. The molecule has 0 spiro atoms. The third kappa shape index (κ3) is 3.59. The highest BCUT2D eigenvalue weighted by atomic mass is 32.1. The van der Waals surface area contributed by atoms with E-state index in [-0.39, 0.29) is 18.6 Å². The van der Waals surface area contributed by atoms with Crippen LogP contribution in [0.25, 0.3) is 0 Å². The minimum absolute atomic E-state index is 0.103. The molecule has 0 unspecified atom stereocenters. The molecule has 0 fully saturated rings. The summed E-state index contributed by atoms with van der Waals surface area (Å²) < 4.78 is 5.13. The Hall–Kier alpha value is -1.85. The van der Waals surface area contributed by atoms with Crippen molar-refractivity contribution in [3.63, 3.8) is 0 Å². The van der Waals surface area contributed by atoms with Crippen LogP contribution in [0.3, 0.4) is 0 Å². The monoisotopic (exact) mass is 291 g/mol. The average Bonchev–Trinajstić information content (AvgIpc) is 2.96. The number of hydrogen-bond acceptors (Lipinski definition) is 4. The van der Waals surface area contributed by atoms with Crippen molar-refractivity contribution < 1.29 is 14.6 Å². The maximum Gasteiger partial charge on any atom is 0.265 e. The van der Waals surface area contributed by atoms with Gasteiger partial charge in [0.25, 0.3) is 5.91 Å². The maximum absolute atomic E-state index is 12.2. The molecular formula is C15H17NO3S. The van der Waals surface area contributed by atoms with E-state index in [9.17, 15) is 9.90 Å². The lowest BCUT2D eigenvalue weighted by atomic mass is 10.1. The lowest BCUT2D eigenvalue weighted by Crippen LogP contribution is -2.38. The zero-order valence-electron chi connectivity index (χ0n) is 11.2. The first-order chi connectivity index (χ1) is 9.74. The standard InChI is InChI=1S/C15H17NO3S/c1-19-13-7-8-20-14(13)15(18)16-12(10-17)9-11-5-3-2-4-6-11/h2-8,12,17H,9-10H2,1H3,(H,16,18)/t12-/m1/s1. The van der Waals surface area contributed by atoms with Crippen molar-refractivity contribution in [1.82, 2.24) is 5.32 Å². The second-order valence-electron chi connectivity index (χ2n) is 4.36. The number of thiophene rings is 1. The van der Waals surface area contributed by atoms with Crippen molar-refractivity contribution in [3.05, 3.63) is 52.2 Å². The van der Waals surface area contributed by atoms with E-state index >= 15 is 0 Å². The van der Waals surface area contributed by atoms with Crippen LogP contribution >= 0.6 is 11.3 Å². The van der Waals surface area contributed by atoms with Gasteiger partial charge < -0.3 is 15.2 Å². The molecule has 0 saturated carbocycles. The summed E-state index contributed by atoms with van der Waals surface area (Å²) in [6.45, 7) is -0.103. The first kappa shape index (κ1) is 14.6. The molecule has 0 aliphatic rings. The van der Waals surface area contributed by atoms with Gasteiger partial charge in [-0.25, -0.2) is 0 Å². The molecule has 20 heavy (non-hydrogen) atoms. The van der Waals surface area contributed by atoms with Crippen molar-refractivity contribution in [2.24, 2.45) is 0 Å². The summed E-state index contributed by atoms with van der Waals surface area (Å²) in [5.74, 6) is 0.343. The van der Waals surface area contributed by atoms with Gasteiger partial charge in [0, 0.05) is 0 Å². The molecule has 1 atom stereocenters. The minimum Gasteiger partial charge on any atom is -0.495 e. The number of methoxy groups -OCH3 is 1. The smallest absolute Gasteiger partial charge is 0.265 e. The number of hydrogen-bond donors (Lipinski definition) is 2. The van der Waals surface area contributed by atoms with E-state index in [4.69, 9.17) is 4.74 Å². The van der Waals surface area contributed by atoms with E-state index in [1.165, 1.54) is 18.4 Å². The number of ether oxygens (including phenoxy) is 1. The lowest BCUT2D eigenvalue weighted by Gasteiger charge is -2.16. The summed E-state index contributed by atoms with van der Waals surface area (Å²) >= 11 is 1.32. The average molecular weight is 291 g/mol. The van der Waals surface area contributed by atoms with Crippen molar-refractivity contribution in [1.29, 1.82) is 0 Å². The molecule has 0 radical (unpaired) electrons. The Balaban J connectivity index is 2.01. The van der Waals surface area contributed by atoms with Crippen molar-refractivity contribution in [2.75, 3.05) is 13.7 Å². The van der Waals surface area contributed by atoms with Gasteiger partial charge in [0.1, 0.15) is 10.6 Å². The largest absolute Gasteiger partial charge is 0.495 e. The molecule has 1 aromatic carbocycles. The molecule has 2 N–H and O–H groups in total. The summed E-state index contributed by atoms with van der Waals surface area (Å²) in [4.78, 5) is 12.7. The Bertz CT molecular complexity index is 553. The van der Waals surface area contributed by atoms with E-state index < -0.39 is 0 Å². The molecule has 2 rings (SSSR count). The molecule has 2 aromatic rings. The number of amides is 1. The van der Waals surface area contributed by atoms with Crippen LogP contribution in [-0.4, -0.2) is 30.8 Å². The van der Waals surface area contributed by atoms with Crippen LogP contribution in [0.2, 0.25) is 0 Å². The fraction of sp³-hybridized carbons (Fsp3) is 0.267. The highest BCUT2D eigenvalue weighted by Crippen LogP contribution is 2.24. The third-order valence-corrected chi connectivity index (χ3v) is 3.83. The van der Waals surface area contributed by atoms with Gasteiger partial charge in [-0.05, 0) is 23.4 Å². The Labute approximate surface area is 122 Å². The van der Waals surface area contributed by atoms with E-state index in [2.05, 4.69) is 5.32 Å². The van der Waals surface area contributed by atoms with E-state index in [1.807, 2.05) is 30.3 Å². The van der Waals surface area contributed by atoms with Crippen molar-refractivity contribution in [2.45, 2.75) is 12.5 Å². The second kappa shape index (κ2) is 7.07. The van der Waals surface area contributed by atoms with Crippen LogP contribution in [0.4, 0.5) is 0 Å². The molecule has 0 aliphatic carbocycles. The zero-order valence-corrected chi connectivity index (χ0v) is 12.0. The number of carbonyl (C=O) groups is 1. The molecular weight excluding hydrogens is 274 g/mol. The molecule has 0 aliphatic heterocycles. The normalized spacial score (nSPS) is 11.9. The number of aliphatic hydroxyl groups excluding tert-OH is 1. The summed E-state index contributed by atoms with van der Waals surface area (Å²) in [6.07, 6.45) is 0.594. The maximum atomic E-state index is 12.2. The number of aliphatic hydroxyl groups is 1. The van der Waals surface area contributed by atoms with Crippen LogP contribution in [0, 0.1) is 0 Å². The third-order valence-electron chi connectivity index (χ3n) is 2.94. The van der Waals surface area contributed by atoms with Crippen molar-refractivity contribution in [3.8, 4) is 5.75 Å². The Kier molecular flexibility index (Phi) is 5.15. The summed E-state index contributed by atoms with van der Waals surface area (Å²) in [7, 11) is 1.53. The summed E-state index contributed by atoms with van der Waals surface area (Å²) in [6, 6.07) is 11.2. The van der Waals surface area contributed by atoms with Crippen LogP contribution in [0.1, 0.15) is 15.2 Å². The fourth-order valence-corrected chi connectivity index (χ4v) is 2.70. The molecule has 4 nitrogen and oxygen atoms in total. The fourth-order valence-electron chi connectivity index (χ4n) is 1.93. The quantitative estimate of drug-likeness (QED) is 0.857. The number of benzene rings is 1. The first-order valence-electron chi connectivity index (χ1n) is 6.31. The van der Waals surface area contributed by atoms with Gasteiger partial charge in [0.2, 0.25) is 0 Å². The van der Waals surface area contributed by atoms with Gasteiger partial charge in [0.05, 0.1) is 19.8 Å². The Morgan fingerprint density at radius 3 is 2.75 bits per heavy atom. The lowest BCUT2D eigenvalue weighted by molar-refractivity contribution is 0.0918. The molecule has 5 heteroatoms. The van der Waals surface area contributed by atoms with Gasteiger partial charge in [-0.1, -0.05) is 30.3 Å². The molecule has 1 heterocycles. The van der Waals surface area contributed by atoms with E-state index in [0.29, 0.717) is 17.0 Å². The topological polar surface area (TPSA) is 58.6 Å². The predicted octanol–water partition coefficient (Wildman–Crippen LogP) is 2.09. The number of carbonyl (C=O) groups excluding carboxylic acids is 1. The molecule has 0 bridgehead atoms. The van der Waals surface area contributed by atoms with Gasteiger partial charge in [-0.3, -0.25) is 4.79 Å². The van der Waals surface area contributed by atoms with Crippen LogP contribution in [0.5, 0.6) is 5.75 Å². The first-order valence-corrected chi connectivity index (χ1v) is 7.19. The van der Waals surface area contributed by atoms with E-state index in [1.54, 1.807) is 11.4 Å². The van der Waals surface area contributed by atoms with Crippen LogP contribution in [0.15, 0.2) is 41.8 Å². The van der Waals surface area contributed by atoms with Crippen LogP contribution < -0.4 is 10.1 Å². The predicted molar refractivity (Wildman–Crippen MR) is 79.4 cm³/mol. The highest BCUT2D eigenvalue weighted by Gasteiger charge is 2.18. The summed E-state index contributed by atoms with van der Waals surface area (Å²) in [5.41, 5.74) is 1.07. The van der Waals surface area contributed by atoms with Gasteiger partial charge in [-0.2, -0.15) is 0 Å². The molecule has 106 valence electrons. The SMILES string of the molecule is COc1ccsc1C(=O)N[C@@H](CO)Cc1ccccc1. The Morgan fingerprint density at radius 1 is 1.35 bits per heavy atom. The molecule has 1 aromatic heterocycles.